The third kappa shape index (κ3) is 3.14. The van der Waals surface area contributed by atoms with E-state index < -0.39 is 17.8 Å². The summed E-state index contributed by atoms with van der Waals surface area (Å²) in [6.07, 6.45) is -0.00818. The molecule has 0 saturated carbocycles. The molecule has 1 N–H and O–H groups in total. The predicted molar refractivity (Wildman–Crippen MR) is 68.7 cm³/mol. The summed E-state index contributed by atoms with van der Waals surface area (Å²) >= 11 is 0. The van der Waals surface area contributed by atoms with Gasteiger partial charge < -0.3 is 14.7 Å². The molecule has 0 aromatic heterocycles. The summed E-state index contributed by atoms with van der Waals surface area (Å²) in [6, 6.07) is 4.86. The predicted octanol–water partition coefficient (Wildman–Crippen LogP) is 1.07. The topological polar surface area (TPSA) is 66.8 Å². The largest absolute Gasteiger partial charge is 0.480 e. The Morgan fingerprint density at radius 2 is 2.25 bits per heavy atom. The quantitative estimate of drug-likeness (QED) is 0.896. The van der Waals surface area contributed by atoms with E-state index in [0.29, 0.717) is 5.56 Å². The normalized spacial score (nSPS) is 22.0. The molecule has 1 aliphatic rings. The molecule has 0 spiro atoms. The van der Waals surface area contributed by atoms with Gasteiger partial charge in [-0.1, -0.05) is 12.1 Å². The summed E-state index contributed by atoms with van der Waals surface area (Å²) in [6.45, 7) is 0.252. The first-order valence-electron chi connectivity index (χ1n) is 6.30. The zero-order valence-electron chi connectivity index (χ0n) is 11.1. The Hall–Kier alpha value is -1.95. The molecule has 20 heavy (non-hydrogen) atoms. The Balaban J connectivity index is 2.09. The van der Waals surface area contributed by atoms with E-state index in [0.717, 1.165) is 0 Å². The molecule has 6 heteroatoms. The molecule has 1 amide bonds. The zero-order valence-corrected chi connectivity index (χ0v) is 11.1. The second kappa shape index (κ2) is 6.00. The van der Waals surface area contributed by atoms with Crippen LogP contribution in [0.15, 0.2) is 24.3 Å². The molecular formula is C14H16FNO4. The number of carboxylic acids is 1. The highest BCUT2D eigenvalue weighted by Gasteiger charge is 2.39. The van der Waals surface area contributed by atoms with Crippen LogP contribution in [0.5, 0.6) is 0 Å². The van der Waals surface area contributed by atoms with Crippen molar-refractivity contribution in [3.8, 4) is 0 Å². The van der Waals surface area contributed by atoms with Gasteiger partial charge in [-0.15, -0.1) is 0 Å². The molecule has 5 nitrogen and oxygen atoms in total. The molecule has 2 atom stereocenters. The van der Waals surface area contributed by atoms with Gasteiger partial charge in [0.25, 0.3) is 0 Å². The minimum absolute atomic E-state index is 0.0159. The van der Waals surface area contributed by atoms with Gasteiger partial charge in [0, 0.05) is 20.1 Å². The van der Waals surface area contributed by atoms with Gasteiger partial charge >= 0.3 is 5.97 Å². The van der Waals surface area contributed by atoms with Crippen LogP contribution in [0.1, 0.15) is 12.0 Å². The Bertz CT molecular complexity index is 520. The Morgan fingerprint density at radius 3 is 2.85 bits per heavy atom. The number of amides is 1. The van der Waals surface area contributed by atoms with Crippen LogP contribution in [0.25, 0.3) is 0 Å². The smallest absolute Gasteiger partial charge is 0.326 e. The van der Waals surface area contributed by atoms with Crippen LogP contribution in [0.4, 0.5) is 4.39 Å². The molecule has 108 valence electrons. The van der Waals surface area contributed by atoms with E-state index in [1.807, 2.05) is 0 Å². The van der Waals surface area contributed by atoms with E-state index in [1.165, 1.54) is 30.2 Å². The molecule has 1 aromatic rings. The minimum atomic E-state index is -1.04. The Morgan fingerprint density at radius 1 is 1.50 bits per heavy atom. The van der Waals surface area contributed by atoms with Crippen molar-refractivity contribution in [1.29, 1.82) is 0 Å². The number of carbonyl (C=O) groups excluding carboxylic acids is 1. The molecule has 1 heterocycles. The van der Waals surface area contributed by atoms with Crippen LogP contribution >= 0.6 is 0 Å². The molecule has 1 fully saturated rings. The molecular weight excluding hydrogens is 265 g/mol. The lowest BCUT2D eigenvalue weighted by molar-refractivity contribution is -0.148. The molecule has 1 saturated heterocycles. The van der Waals surface area contributed by atoms with Crippen LogP contribution in [-0.4, -0.2) is 47.7 Å². The molecule has 0 aliphatic carbocycles. The van der Waals surface area contributed by atoms with E-state index in [1.54, 1.807) is 6.07 Å². The fourth-order valence-corrected chi connectivity index (χ4v) is 2.40. The second-order valence-corrected chi connectivity index (χ2v) is 4.80. The number of hydrogen-bond acceptors (Lipinski definition) is 3. The summed E-state index contributed by atoms with van der Waals surface area (Å²) in [5.74, 6) is -1.79. The average molecular weight is 281 g/mol. The van der Waals surface area contributed by atoms with Gasteiger partial charge in [-0.25, -0.2) is 9.18 Å². The monoisotopic (exact) mass is 281 g/mol. The molecule has 1 aromatic carbocycles. The number of rotatable bonds is 4. The van der Waals surface area contributed by atoms with Gasteiger partial charge in [0.05, 0.1) is 12.5 Å². The average Bonchev–Trinajstić information content (AvgIpc) is 2.83. The summed E-state index contributed by atoms with van der Waals surface area (Å²) in [4.78, 5) is 24.7. The van der Waals surface area contributed by atoms with Crippen molar-refractivity contribution >= 4 is 11.9 Å². The number of aliphatic carboxylic acids is 1. The number of hydrogen-bond donors (Lipinski definition) is 1. The number of likely N-dealkylation sites (tertiary alicyclic amines) is 1. The number of nitrogens with zero attached hydrogens (tertiary/aromatic N) is 1. The number of halogens is 1. The first-order valence-corrected chi connectivity index (χ1v) is 6.30. The van der Waals surface area contributed by atoms with Crippen LogP contribution in [-0.2, 0) is 20.7 Å². The van der Waals surface area contributed by atoms with Gasteiger partial charge in [-0.2, -0.15) is 0 Å². The highest BCUT2D eigenvalue weighted by molar-refractivity contribution is 5.85. The first-order chi connectivity index (χ1) is 9.51. The highest BCUT2D eigenvalue weighted by atomic mass is 19.1. The standard InChI is InChI=1S/C14H16FNO4/c1-20-11-7-12(14(18)19)16(8-11)13(17)6-9-3-2-4-10(15)5-9/h2-5,11-12H,6-8H2,1H3,(H,18,19). The number of benzene rings is 1. The molecule has 0 radical (unpaired) electrons. The number of carboxylic acid groups (broad SMARTS) is 1. The Labute approximate surface area is 116 Å². The molecule has 0 bridgehead atoms. The van der Waals surface area contributed by atoms with Crippen LogP contribution in [0, 0.1) is 5.82 Å². The van der Waals surface area contributed by atoms with E-state index >= 15 is 0 Å². The summed E-state index contributed by atoms with van der Waals surface area (Å²) in [5, 5.41) is 9.15. The number of carbonyl (C=O) groups is 2. The minimum Gasteiger partial charge on any atom is -0.480 e. The third-order valence-corrected chi connectivity index (χ3v) is 3.45. The van der Waals surface area contributed by atoms with Crippen molar-refractivity contribution in [3.63, 3.8) is 0 Å². The summed E-state index contributed by atoms with van der Waals surface area (Å²) in [5.41, 5.74) is 0.528. The van der Waals surface area contributed by atoms with E-state index in [2.05, 4.69) is 0 Å². The van der Waals surface area contributed by atoms with Crippen molar-refractivity contribution in [2.45, 2.75) is 25.0 Å². The zero-order chi connectivity index (χ0) is 14.7. The Kier molecular flexibility index (Phi) is 4.34. The van der Waals surface area contributed by atoms with Crippen molar-refractivity contribution in [3.05, 3.63) is 35.6 Å². The third-order valence-electron chi connectivity index (χ3n) is 3.45. The fraction of sp³-hybridized carbons (Fsp3) is 0.429. The van der Waals surface area contributed by atoms with Crippen LogP contribution in [0.3, 0.4) is 0 Å². The SMILES string of the molecule is COC1CC(C(=O)O)N(C(=O)Cc2cccc(F)c2)C1. The highest BCUT2D eigenvalue weighted by Crippen LogP contribution is 2.21. The maximum absolute atomic E-state index is 13.1. The summed E-state index contributed by atoms with van der Waals surface area (Å²) < 4.78 is 18.2. The molecule has 2 rings (SSSR count). The molecule has 1 aliphatic heterocycles. The van der Waals surface area contributed by atoms with Gasteiger partial charge in [-0.05, 0) is 17.7 Å². The van der Waals surface area contributed by atoms with Crippen molar-refractivity contribution in [1.82, 2.24) is 4.90 Å². The first kappa shape index (κ1) is 14.5. The molecule has 2 unspecified atom stereocenters. The van der Waals surface area contributed by atoms with E-state index in [4.69, 9.17) is 9.84 Å². The van der Waals surface area contributed by atoms with Crippen LogP contribution in [0.2, 0.25) is 0 Å². The second-order valence-electron chi connectivity index (χ2n) is 4.80. The van der Waals surface area contributed by atoms with E-state index in [-0.39, 0.29) is 31.4 Å². The summed E-state index contributed by atoms with van der Waals surface area (Å²) in [7, 11) is 1.49. The van der Waals surface area contributed by atoms with Gasteiger partial charge in [0.2, 0.25) is 5.91 Å². The van der Waals surface area contributed by atoms with E-state index in [9.17, 15) is 14.0 Å². The number of methoxy groups -OCH3 is 1. The van der Waals surface area contributed by atoms with Gasteiger partial charge in [0.1, 0.15) is 11.9 Å². The maximum Gasteiger partial charge on any atom is 0.326 e. The lowest BCUT2D eigenvalue weighted by Gasteiger charge is -2.21. The van der Waals surface area contributed by atoms with Crippen LogP contribution < -0.4 is 0 Å². The van der Waals surface area contributed by atoms with Gasteiger partial charge in [0.15, 0.2) is 0 Å². The van der Waals surface area contributed by atoms with Crippen molar-refractivity contribution in [2.24, 2.45) is 0 Å². The van der Waals surface area contributed by atoms with Gasteiger partial charge in [-0.3, -0.25) is 4.79 Å². The number of ether oxygens (including phenoxy) is 1. The van der Waals surface area contributed by atoms with Crippen molar-refractivity contribution in [2.75, 3.05) is 13.7 Å². The van der Waals surface area contributed by atoms with Crippen molar-refractivity contribution < 1.29 is 23.8 Å². The lowest BCUT2D eigenvalue weighted by Crippen LogP contribution is -2.41. The lowest BCUT2D eigenvalue weighted by atomic mass is 10.1. The fourth-order valence-electron chi connectivity index (χ4n) is 2.40. The maximum atomic E-state index is 13.1.